The number of hydrogen-bond acceptors (Lipinski definition) is 4. The largest absolute Gasteiger partial charge is 0.491 e. The molecule has 1 atom stereocenters. The van der Waals surface area contributed by atoms with Crippen molar-refractivity contribution >= 4 is 11.6 Å². The summed E-state index contributed by atoms with van der Waals surface area (Å²) < 4.78 is 5.64. The van der Waals surface area contributed by atoms with Gasteiger partial charge in [0.15, 0.2) is 5.78 Å². The molecule has 0 unspecified atom stereocenters. The quantitative estimate of drug-likeness (QED) is 0.676. The van der Waals surface area contributed by atoms with E-state index in [1.807, 2.05) is 18.3 Å². The number of quaternary nitrogens is 1. The average Bonchev–Trinajstić information content (AvgIpc) is 2.68. The minimum Gasteiger partial charge on any atom is -0.491 e. The van der Waals surface area contributed by atoms with Crippen molar-refractivity contribution in [2.45, 2.75) is 13.0 Å². The molecule has 1 fully saturated rings. The third-order valence-electron chi connectivity index (χ3n) is 4.73. The molecule has 2 aromatic rings. The molecule has 1 aromatic carbocycles. The number of piperazine rings is 1. The number of aromatic nitrogens is 1. The summed E-state index contributed by atoms with van der Waals surface area (Å²) in [4.78, 5) is 18.3. The Morgan fingerprint density at radius 2 is 1.96 bits per heavy atom. The van der Waals surface area contributed by atoms with Gasteiger partial charge in [-0.1, -0.05) is 6.07 Å². The summed E-state index contributed by atoms with van der Waals surface area (Å²) in [5, 5.41) is 10.3. The minimum absolute atomic E-state index is 0.0347. The Morgan fingerprint density at radius 1 is 1.23 bits per heavy atom. The molecule has 0 aliphatic carbocycles. The van der Waals surface area contributed by atoms with Gasteiger partial charge >= 0.3 is 0 Å². The van der Waals surface area contributed by atoms with Crippen LogP contribution in [0.4, 0.5) is 5.82 Å². The third kappa shape index (κ3) is 5.03. The molecule has 1 aromatic heterocycles. The molecule has 6 nitrogen and oxygen atoms in total. The highest BCUT2D eigenvalue weighted by atomic mass is 16.5. The van der Waals surface area contributed by atoms with Gasteiger partial charge < -0.3 is 14.7 Å². The van der Waals surface area contributed by atoms with E-state index in [1.165, 1.54) is 11.8 Å². The van der Waals surface area contributed by atoms with Crippen LogP contribution in [0.25, 0.3) is 0 Å². The van der Waals surface area contributed by atoms with Crippen LogP contribution in [0.3, 0.4) is 0 Å². The van der Waals surface area contributed by atoms with Crippen LogP contribution in [0.5, 0.6) is 5.75 Å². The second-order valence-electron chi connectivity index (χ2n) is 6.73. The molecular formula is C20H27N3O3+2. The Labute approximate surface area is 154 Å². The standard InChI is InChI=1S/C20H25N3O3/c1-16(24)17-5-7-19(8-6-17)26-15-18(25)14-22-10-12-23(13-11-22)20-4-2-3-9-21-20/h2-9,18,25H,10-15H2,1H3/p+2/t18-/m0/s1. The van der Waals surface area contributed by atoms with Crippen molar-refractivity contribution < 1.29 is 24.5 Å². The maximum Gasteiger partial charge on any atom is 0.274 e. The molecule has 26 heavy (non-hydrogen) atoms. The van der Waals surface area contributed by atoms with E-state index in [0.717, 1.165) is 32.0 Å². The van der Waals surface area contributed by atoms with E-state index >= 15 is 0 Å². The lowest BCUT2D eigenvalue weighted by Gasteiger charge is -2.29. The van der Waals surface area contributed by atoms with E-state index in [9.17, 15) is 9.90 Å². The number of ketones is 1. The zero-order valence-electron chi connectivity index (χ0n) is 15.1. The first-order valence-electron chi connectivity index (χ1n) is 9.09. The van der Waals surface area contributed by atoms with Gasteiger partial charge in [0, 0.05) is 11.6 Å². The maximum absolute atomic E-state index is 11.3. The Bertz CT molecular complexity index is 698. The number of rotatable bonds is 7. The van der Waals surface area contributed by atoms with Crippen molar-refractivity contribution in [2.24, 2.45) is 0 Å². The predicted molar refractivity (Wildman–Crippen MR) is 98.7 cm³/mol. The summed E-state index contributed by atoms with van der Waals surface area (Å²) in [6.07, 6.45) is 1.44. The lowest BCUT2D eigenvalue weighted by molar-refractivity contribution is -0.903. The number of pyridine rings is 1. The number of anilines is 1. The lowest BCUT2D eigenvalue weighted by Crippen LogP contribution is -3.16. The highest BCUT2D eigenvalue weighted by Gasteiger charge is 2.27. The number of nitrogens with one attached hydrogen (secondary N) is 2. The van der Waals surface area contributed by atoms with Crippen molar-refractivity contribution in [3.8, 4) is 5.75 Å². The van der Waals surface area contributed by atoms with Crippen molar-refractivity contribution in [3.05, 3.63) is 54.2 Å². The number of aliphatic hydroxyl groups excluding tert-OH is 1. The van der Waals surface area contributed by atoms with E-state index in [-0.39, 0.29) is 12.4 Å². The van der Waals surface area contributed by atoms with Crippen LogP contribution in [0.1, 0.15) is 17.3 Å². The van der Waals surface area contributed by atoms with Crippen LogP contribution >= 0.6 is 0 Å². The van der Waals surface area contributed by atoms with Gasteiger partial charge in [0.25, 0.3) is 5.82 Å². The van der Waals surface area contributed by atoms with Crippen molar-refractivity contribution in [3.63, 3.8) is 0 Å². The number of nitrogens with zero attached hydrogens (tertiary/aromatic N) is 1. The van der Waals surface area contributed by atoms with Crippen molar-refractivity contribution in [1.29, 1.82) is 0 Å². The van der Waals surface area contributed by atoms with E-state index in [0.29, 0.717) is 17.9 Å². The van der Waals surface area contributed by atoms with Crippen LogP contribution in [0.2, 0.25) is 0 Å². The van der Waals surface area contributed by atoms with E-state index in [4.69, 9.17) is 4.74 Å². The van der Waals surface area contributed by atoms with E-state index < -0.39 is 6.10 Å². The SMILES string of the molecule is CC(=O)c1ccc(OC[C@@H](O)C[NH+]2CCN(c3cccc[nH+]3)CC2)cc1. The van der Waals surface area contributed by atoms with Crippen molar-refractivity contribution in [2.75, 3.05) is 44.2 Å². The minimum atomic E-state index is -0.507. The Balaban J connectivity index is 1.40. The van der Waals surface area contributed by atoms with Gasteiger partial charge in [-0.05, 0) is 37.3 Å². The van der Waals surface area contributed by atoms with Crippen LogP contribution < -0.4 is 19.5 Å². The van der Waals surface area contributed by atoms with Gasteiger partial charge in [0.05, 0.1) is 6.20 Å². The zero-order valence-corrected chi connectivity index (χ0v) is 15.1. The number of Topliss-reactive ketones (excluding diaryl/α,β-unsaturated/α-hetero) is 1. The summed E-state index contributed by atoms with van der Waals surface area (Å²) in [7, 11) is 0. The smallest absolute Gasteiger partial charge is 0.274 e. The molecule has 0 radical (unpaired) electrons. The predicted octanol–water partition coefficient (Wildman–Crippen LogP) is -0.152. The number of ether oxygens (including phenoxy) is 1. The van der Waals surface area contributed by atoms with Gasteiger partial charge in [-0.3, -0.25) is 9.69 Å². The number of hydrogen-bond donors (Lipinski definition) is 2. The summed E-state index contributed by atoms with van der Waals surface area (Å²) in [6, 6.07) is 13.1. The molecular weight excluding hydrogens is 330 g/mol. The molecule has 3 N–H and O–H groups in total. The fourth-order valence-corrected chi connectivity index (χ4v) is 3.22. The molecule has 0 saturated carbocycles. The van der Waals surface area contributed by atoms with Gasteiger partial charge in [-0.15, -0.1) is 0 Å². The molecule has 3 rings (SSSR count). The van der Waals surface area contributed by atoms with Crippen LogP contribution in [0.15, 0.2) is 48.7 Å². The Kier molecular flexibility index (Phi) is 6.20. The number of carbonyl (C=O) groups excluding carboxylic acids is 1. The zero-order chi connectivity index (χ0) is 18.4. The number of benzene rings is 1. The molecule has 0 amide bonds. The monoisotopic (exact) mass is 357 g/mol. The summed E-state index contributed by atoms with van der Waals surface area (Å²) >= 11 is 0. The normalized spacial score (nSPS) is 16.3. The molecule has 6 heteroatoms. The summed E-state index contributed by atoms with van der Waals surface area (Å²) in [5.41, 5.74) is 0.663. The first kappa shape index (κ1) is 18.4. The van der Waals surface area contributed by atoms with Crippen LogP contribution in [-0.2, 0) is 0 Å². The lowest BCUT2D eigenvalue weighted by atomic mass is 10.1. The second kappa shape index (κ2) is 8.78. The fraction of sp³-hybridized carbons (Fsp3) is 0.400. The first-order chi connectivity index (χ1) is 12.6. The van der Waals surface area contributed by atoms with E-state index in [1.54, 1.807) is 24.3 Å². The third-order valence-corrected chi connectivity index (χ3v) is 4.73. The molecule has 1 aliphatic heterocycles. The summed E-state index contributed by atoms with van der Waals surface area (Å²) in [5.74, 6) is 1.85. The number of H-pyrrole nitrogens is 1. The van der Waals surface area contributed by atoms with Crippen LogP contribution in [0, 0.1) is 0 Å². The summed E-state index contributed by atoms with van der Waals surface area (Å²) in [6.45, 7) is 6.40. The molecule has 0 bridgehead atoms. The molecule has 1 aliphatic rings. The second-order valence-corrected chi connectivity index (χ2v) is 6.73. The molecule has 1 saturated heterocycles. The average molecular weight is 357 g/mol. The van der Waals surface area contributed by atoms with Crippen molar-refractivity contribution in [1.82, 2.24) is 0 Å². The number of aliphatic hydroxyl groups is 1. The topological polar surface area (TPSA) is 68.3 Å². The number of aromatic amines is 1. The Hall–Kier alpha value is -2.44. The maximum atomic E-state index is 11.3. The van der Waals surface area contributed by atoms with Gasteiger partial charge in [0.2, 0.25) is 0 Å². The highest BCUT2D eigenvalue weighted by molar-refractivity contribution is 5.94. The molecule has 2 heterocycles. The number of carbonyl (C=O) groups is 1. The Morgan fingerprint density at radius 3 is 2.58 bits per heavy atom. The molecule has 138 valence electrons. The molecule has 0 spiro atoms. The first-order valence-corrected chi connectivity index (χ1v) is 9.09. The fourth-order valence-electron chi connectivity index (χ4n) is 3.22. The van der Waals surface area contributed by atoms with Gasteiger partial charge in [-0.2, -0.15) is 0 Å². The van der Waals surface area contributed by atoms with Gasteiger partial charge in [0.1, 0.15) is 51.2 Å². The highest BCUT2D eigenvalue weighted by Crippen LogP contribution is 2.12. The van der Waals surface area contributed by atoms with E-state index in [2.05, 4.69) is 16.0 Å². The van der Waals surface area contributed by atoms with Gasteiger partial charge in [-0.25, -0.2) is 4.98 Å². The van der Waals surface area contributed by atoms with Crippen LogP contribution in [-0.4, -0.2) is 56.3 Å².